The van der Waals surface area contributed by atoms with Gasteiger partial charge in [0.25, 0.3) is 0 Å². The molecule has 0 fully saturated rings. The Hall–Kier alpha value is -1.51. The lowest BCUT2D eigenvalue weighted by atomic mass is 10.1. The van der Waals surface area contributed by atoms with Crippen molar-refractivity contribution in [3.8, 4) is 0 Å². The van der Waals surface area contributed by atoms with Crippen molar-refractivity contribution >= 4 is 17.3 Å². The van der Waals surface area contributed by atoms with Crippen LogP contribution in [0.2, 0.25) is 5.02 Å². The molecule has 2 nitrogen and oxygen atoms in total. The second-order valence-electron chi connectivity index (χ2n) is 5.05. The molecular weight excluding hydrogens is 280 g/mol. The predicted octanol–water partition coefficient (Wildman–Crippen LogP) is 4.48. The number of halogens is 1. The van der Waals surface area contributed by atoms with Crippen molar-refractivity contribution in [2.24, 2.45) is 0 Å². The topological polar surface area (TPSA) is 15.3 Å². The molecule has 0 aliphatic heterocycles. The van der Waals surface area contributed by atoms with Gasteiger partial charge in [0.1, 0.15) is 0 Å². The molecule has 3 heteroatoms. The molecule has 2 rings (SSSR count). The average Bonchev–Trinajstić information content (AvgIpc) is 2.52. The predicted molar refractivity (Wildman–Crippen MR) is 92.0 cm³/mol. The van der Waals surface area contributed by atoms with E-state index in [4.69, 9.17) is 11.6 Å². The number of nitrogens with zero attached hydrogens (tertiary/aromatic N) is 1. The minimum Gasteiger partial charge on any atom is -0.367 e. The normalized spacial score (nSPS) is 10.6. The van der Waals surface area contributed by atoms with Crippen molar-refractivity contribution in [2.45, 2.75) is 26.9 Å². The third kappa shape index (κ3) is 4.48. The number of anilines is 1. The lowest BCUT2D eigenvalue weighted by Crippen LogP contribution is -2.24. The Morgan fingerprint density at radius 2 is 1.81 bits per heavy atom. The van der Waals surface area contributed by atoms with E-state index in [-0.39, 0.29) is 0 Å². The molecular formula is C18H23ClN2. The zero-order chi connectivity index (χ0) is 15.1. The number of rotatable bonds is 7. The van der Waals surface area contributed by atoms with Gasteiger partial charge < -0.3 is 10.2 Å². The largest absolute Gasteiger partial charge is 0.367 e. The standard InChI is InChI=1S/C18H23ClN2/c1-3-20-13-16-12-17(19)10-11-18(16)21(4-2)14-15-8-6-5-7-9-15/h5-12,20H,3-4,13-14H2,1-2H3. The summed E-state index contributed by atoms with van der Waals surface area (Å²) in [6.07, 6.45) is 0. The van der Waals surface area contributed by atoms with E-state index in [2.05, 4.69) is 66.5 Å². The Morgan fingerprint density at radius 3 is 2.48 bits per heavy atom. The Kier molecular flexibility index (Phi) is 6.09. The lowest BCUT2D eigenvalue weighted by molar-refractivity contribution is 0.719. The molecule has 1 N–H and O–H groups in total. The van der Waals surface area contributed by atoms with Gasteiger partial charge in [0, 0.05) is 30.3 Å². The van der Waals surface area contributed by atoms with Crippen molar-refractivity contribution in [1.29, 1.82) is 0 Å². The summed E-state index contributed by atoms with van der Waals surface area (Å²) in [6.45, 7) is 7.99. The van der Waals surface area contributed by atoms with Gasteiger partial charge in [-0.05, 0) is 42.8 Å². The first-order chi connectivity index (χ1) is 10.2. The molecule has 0 atom stereocenters. The molecule has 0 saturated heterocycles. The van der Waals surface area contributed by atoms with E-state index >= 15 is 0 Å². The van der Waals surface area contributed by atoms with Gasteiger partial charge in [0.15, 0.2) is 0 Å². The zero-order valence-electron chi connectivity index (χ0n) is 12.8. The molecule has 0 amide bonds. The molecule has 0 radical (unpaired) electrons. The first kappa shape index (κ1) is 15.9. The Labute approximate surface area is 132 Å². The van der Waals surface area contributed by atoms with E-state index in [1.54, 1.807) is 0 Å². The summed E-state index contributed by atoms with van der Waals surface area (Å²) in [6, 6.07) is 16.7. The van der Waals surface area contributed by atoms with Gasteiger partial charge in [-0.25, -0.2) is 0 Å². The van der Waals surface area contributed by atoms with E-state index in [1.165, 1.54) is 16.8 Å². The smallest absolute Gasteiger partial charge is 0.0429 e. The van der Waals surface area contributed by atoms with Crippen molar-refractivity contribution in [3.63, 3.8) is 0 Å². The maximum Gasteiger partial charge on any atom is 0.0429 e. The molecule has 0 aliphatic carbocycles. The van der Waals surface area contributed by atoms with Crippen LogP contribution >= 0.6 is 11.6 Å². The number of benzene rings is 2. The first-order valence-electron chi connectivity index (χ1n) is 7.52. The van der Waals surface area contributed by atoms with Crippen LogP contribution in [0.1, 0.15) is 25.0 Å². The van der Waals surface area contributed by atoms with Crippen LogP contribution in [0.15, 0.2) is 48.5 Å². The van der Waals surface area contributed by atoms with Crippen LogP contribution in [-0.4, -0.2) is 13.1 Å². The van der Waals surface area contributed by atoms with Crippen LogP contribution in [0.3, 0.4) is 0 Å². The second kappa shape index (κ2) is 8.06. The Balaban J connectivity index is 2.24. The summed E-state index contributed by atoms with van der Waals surface area (Å²) in [4.78, 5) is 2.39. The molecule has 0 aliphatic rings. The fourth-order valence-electron chi connectivity index (χ4n) is 2.43. The highest BCUT2D eigenvalue weighted by Crippen LogP contribution is 2.25. The maximum atomic E-state index is 6.16. The van der Waals surface area contributed by atoms with Crippen molar-refractivity contribution in [2.75, 3.05) is 18.0 Å². The van der Waals surface area contributed by atoms with Crippen LogP contribution in [0.5, 0.6) is 0 Å². The van der Waals surface area contributed by atoms with Gasteiger partial charge in [-0.1, -0.05) is 48.9 Å². The SMILES string of the molecule is CCNCc1cc(Cl)ccc1N(CC)Cc1ccccc1. The van der Waals surface area contributed by atoms with Gasteiger partial charge in [-0.2, -0.15) is 0 Å². The van der Waals surface area contributed by atoms with Gasteiger partial charge in [-0.15, -0.1) is 0 Å². The summed E-state index contributed by atoms with van der Waals surface area (Å²) in [7, 11) is 0. The van der Waals surface area contributed by atoms with Crippen LogP contribution < -0.4 is 10.2 Å². The fraction of sp³-hybridized carbons (Fsp3) is 0.333. The van der Waals surface area contributed by atoms with Gasteiger partial charge >= 0.3 is 0 Å². The quantitative estimate of drug-likeness (QED) is 0.811. The van der Waals surface area contributed by atoms with Crippen LogP contribution in [0.4, 0.5) is 5.69 Å². The number of nitrogens with one attached hydrogen (secondary N) is 1. The van der Waals surface area contributed by atoms with Crippen LogP contribution in [-0.2, 0) is 13.1 Å². The average molecular weight is 303 g/mol. The number of hydrogen-bond donors (Lipinski definition) is 1. The fourth-order valence-corrected chi connectivity index (χ4v) is 2.63. The highest BCUT2D eigenvalue weighted by molar-refractivity contribution is 6.30. The van der Waals surface area contributed by atoms with Crippen molar-refractivity contribution in [3.05, 3.63) is 64.7 Å². The van der Waals surface area contributed by atoms with Crippen molar-refractivity contribution in [1.82, 2.24) is 5.32 Å². The summed E-state index contributed by atoms with van der Waals surface area (Å²) < 4.78 is 0. The molecule has 0 spiro atoms. The molecule has 0 aromatic heterocycles. The first-order valence-corrected chi connectivity index (χ1v) is 7.90. The molecule has 0 unspecified atom stereocenters. The number of hydrogen-bond acceptors (Lipinski definition) is 2. The molecule has 112 valence electrons. The van der Waals surface area contributed by atoms with E-state index in [0.717, 1.165) is 31.2 Å². The highest BCUT2D eigenvalue weighted by Gasteiger charge is 2.10. The lowest BCUT2D eigenvalue weighted by Gasteiger charge is -2.26. The Morgan fingerprint density at radius 1 is 1.05 bits per heavy atom. The van der Waals surface area contributed by atoms with E-state index < -0.39 is 0 Å². The van der Waals surface area contributed by atoms with Gasteiger partial charge in [0.05, 0.1) is 0 Å². The maximum absolute atomic E-state index is 6.16. The summed E-state index contributed by atoms with van der Waals surface area (Å²) >= 11 is 6.16. The van der Waals surface area contributed by atoms with Crippen molar-refractivity contribution < 1.29 is 0 Å². The Bertz CT molecular complexity index is 554. The van der Waals surface area contributed by atoms with Crippen LogP contribution in [0.25, 0.3) is 0 Å². The minimum absolute atomic E-state index is 0.794. The van der Waals surface area contributed by atoms with Crippen LogP contribution in [0, 0.1) is 0 Å². The molecule has 0 bridgehead atoms. The van der Waals surface area contributed by atoms with E-state index in [9.17, 15) is 0 Å². The van der Waals surface area contributed by atoms with Gasteiger partial charge in [-0.3, -0.25) is 0 Å². The summed E-state index contributed by atoms with van der Waals surface area (Å²) in [5, 5.41) is 4.18. The third-order valence-electron chi connectivity index (χ3n) is 3.55. The molecule has 2 aromatic rings. The molecule has 21 heavy (non-hydrogen) atoms. The van der Waals surface area contributed by atoms with Gasteiger partial charge in [0.2, 0.25) is 0 Å². The molecule has 2 aromatic carbocycles. The summed E-state index contributed by atoms with van der Waals surface area (Å²) in [5.74, 6) is 0. The monoisotopic (exact) mass is 302 g/mol. The third-order valence-corrected chi connectivity index (χ3v) is 3.78. The second-order valence-corrected chi connectivity index (χ2v) is 5.49. The molecule has 0 saturated carbocycles. The minimum atomic E-state index is 0.794. The van der Waals surface area contributed by atoms with E-state index in [0.29, 0.717) is 0 Å². The molecule has 0 heterocycles. The van der Waals surface area contributed by atoms with E-state index in [1.807, 2.05) is 6.07 Å². The summed E-state index contributed by atoms with van der Waals surface area (Å²) in [5.41, 5.74) is 3.83. The highest BCUT2D eigenvalue weighted by atomic mass is 35.5. The zero-order valence-corrected chi connectivity index (χ0v) is 13.5.